The molecule has 0 amide bonds. The number of nitrogens with one attached hydrogen (secondary N) is 1. The zero-order valence-corrected chi connectivity index (χ0v) is 6.87. The zero-order chi connectivity index (χ0) is 8.39. The first-order valence-corrected chi connectivity index (χ1v) is 3.83. The molecule has 62 valence electrons. The molecule has 0 saturated heterocycles. The highest BCUT2D eigenvalue weighted by Crippen LogP contribution is 2.17. The summed E-state index contributed by atoms with van der Waals surface area (Å²) in [6.45, 7) is 0.801. The Balaban J connectivity index is 2.44. The maximum atomic E-state index is 5.10. The van der Waals surface area contributed by atoms with Crippen molar-refractivity contribution in [2.24, 2.45) is 5.10 Å². The summed E-state index contributed by atoms with van der Waals surface area (Å²) in [6, 6.07) is 5.99. The number of nitrogens with zero attached hydrogens (tertiary/aromatic N) is 1. The van der Waals surface area contributed by atoms with Gasteiger partial charge in [0.05, 0.1) is 19.9 Å². The van der Waals surface area contributed by atoms with Gasteiger partial charge in [0, 0.05) is 5.56 Å². The fourth-order valence-corrected chi connectivity index (χ4v) is 1.23. The molecule has 0 aliphatic carbocycles. The number of fused-ring (bicyclic) bond motifs is 1. The Morgan fingerprint density at radius 3 is 3.25 bits per heavy atom. The van der Waals surface area contributed by atoms with Crippen LogP contribution in [0.1, 0.15) is 11.1 Å². The highest BCUT2D eigenvalue weighted by atomic mass is 16.5. The van der Waals surface area contributed by atoms with E-state index in [9.17, 15) is 0 Å². The number of hydrogen-bond donors (Lipinski definition) is 1. The summed E-state index contributed by atoms with van der Waals surface area (Å²) in [5, 5.41) is 3.96. The molecule has 2 rings (SSSR count). The molecule has 1 heterocycles. The maximum Gasteiger partial charge on any atom is 0.119 e. The minimum Gasteiger partial charge on any atom is -0.497 e. The van der Waals surface area contributed by atoms with E-state index in [0.29, 0.717) is 0 Å². The summed E-state index contributed by atoms with van der Waals surface area (Å²) in [5.74, 6) is 0.877. The lowest BCUT2D eigenvalue weighted by molar-refractivity contribution is 0.414. The topological polar surface area (TPSA) is 33.6 Å². The predicted molar refractivity (Wildman–Crippen MR) is 47.4 cm³/mol. The third-order valence-electron chi connectivity index (χ3n) is 1.92. The van der Waals surface area contributed by atoms with Gasteiger partial charge in [-0.15, -0.1) is 0 Å². The maximum absolute atomic E-state index is 5.10. The Kier molecular flexibility index (Phi) is 1.70. The Morgan fingerprint density at radius 2 is 2.42 bits per heavy atom. The smallest absolute Gasteiger partial charge is 0.119 e. The molecule has 0 fully saturated rings. The lowest BCUT2D eigenvalue weighted by Crippen LogP contribution is -2.13. The number of ether oxygens (including phenoxy) is 1. The van der Waals surface area contributed by atoms with Gasteiger partial charge in [-0.2, -0.15) is 5.10 Å². The van der Waals surface area contributed by atoms with Crippen molar-refractivity contribution in [1.82, 2.24) is 5.43 Å². The van der Waals surface area contributed by atoms with Crippen molar-refractivity contribution >= 4 is 6.21 Å². The molecule has 0 saturated carbocycles. The molecule has 1 aromatic carbocycles. The van der Waals surface area contributed by atoms with E-state index in [4.69, 9.17) is 4.74 Å². The number of hydrazone groups is 1. The average Bonchev–Trinajstić information content (AvgIpc) is 2.17. The first kappa shape index (κ1) is 7.16. The minimum absolute atomic E-state index is 0.801. The number of hydrogen-bond acceptors (Lipinski definition) is 3. The van der Waals surface area contributed by atoms with Gasteiger partial charge < -0.3 is 10.2 Å². The van der Waals surface area contributed by atoms with Crippen LogP contribution in [0.3, 0.4) is 0 Å². The second-order valence-electron chi connectivity index (χ2n) is 2.66. The number of rotatable bonds is 1. The fraction of sp³-hybridized carbons (Fsp3) is 0.222. The standard InChI is InChI=1S/C9H10N2O/c1-12-9-3-2-7-5-10-11-6-8(7)4-9/h2-4,6,10H,5H2,1H3. The molecule has 0 aromatic heterocycles. The molecule has 0 spiro atoms. The largest absolute Gasteiger partial charge is 0.497 e. The normalized spacial score (nSPS) is 13.4. The van der Waals surface area contributed by atoms with E-state index in [0.717, 1.165) is 17.9 Å². The van der Waals surface area contributed by atoms with Crippen LogP contribution >= 0.6 is 0 Å². The third kappa shape index (κ3) is 1.13. The van der Waals surface area contributed by atoms with Gasteiger partial charge in [0.1, 0.15) is 5.75 Å². The molecule has 1 aliphatic heterocycles. The molecule has 0 bridgehead atoms. The monoisotopic (exact) mass is 162 g/mol. The van der Waals surface area contributed by atoms with Crippen molar-refractivity contribution < 1.29 is 4.74 Å². The quantitative estimate of drug-likeness (QED) is 0.671. The van der Waals surface area contributed by atoms with Crippen LogP contribution in [0.5, 0.6) is 5.75 Å². The number of benzene rings is 1. The summed E-state index contributed by atoms with van der Waals surface area (Å²) in [5.41, 5.74) is 5.29. The Labute approximate surface area is 71.0 Å². The van der Waals surface area contributed by atoms with Gasteiger partial charge in [0.15, 0.2) is 0 Å². The average molecular weight is 162 g/mol. The third-order valence-corrected chi connectivity index (χ3v) is 1.92. The van der Waals surface area contributed by atoms with Gasteiger partial charge in [-0.25, -0.2) is 0 Å². The van der Waals surface area contributed by atoms with Crippen molar-refractivity contribution in [3.8, 4) is 5.75 Å². The Bertz CT molecular complexity index is 320. The fourth-order valence-electron chi connectivity index (χ4n) is 1.23. The van der Waals surface area contributed by atoms with Crippen LogP contribution in [-0.2, 0) is 6.54 Å². The molecule has 1 N–H and O–H groups in total. The van der Waals surface area contributed by atoms with Crippen LogP contribution < -0.4 is 10.2 Å². The summed E-state index contributed by atoms with van der Waals surface area (Å²) < 4.78 is 5.10. The molecule has 3 nitrogen and oxygen atoms in total. The van der Waals surface area contributed by atoms with Crippen molar-refractivity contribution in [2.75, 3.05) is 7.11 Å². The van der Waals surface area contributed by atoms with Crippen LogP contribution in [-0.4, -0.2) is 13.3 Å². The van der Waals surface area contributed by atoms with Gasteiger partial charge in [0.2, 0.25) is 0 Å². The highest BCUT2D eigenvalue weighted by Gasteiger charge is 2.04. The van der Waals surface area contributed by atoms with Crippen molar-refractivity contribution in [1.29, 1.82) is 0 Å². The molecular weight excluding hydrogens is 152 g/mol. The van der Waals surface area contributed by atoms with E-state index in [1.54, 1.807) is 13.3 Å². The van der Waals surface area contributed by atoms with Crippen LogP contribution in [0.15, 0.2) is 23.3 Å². The van der Waals surface area contributed by atoms with Crippen molar-refractivity contribution in [2.45, 2.75) is 6.54 Å². The number of methoxy groups -OCH3 is 1. The molecule has 12 heavy (non-hydrogen) atoms. The van der Waals surface area contributed by atoms with Gasteiger partial charge in [0.25, 0.3) is 0 Å². The highest BCUT2D eigenvalue weighted by molar-refractivity contribution is 5.83. The second kappa shape index (κ2) is 2.85. The van der Waals surface area contributed by atoms with E-state index >= 15 is 0 Å². The Hall–Kier alpha value is -1.51. The summed E-state index contributed by atoms with van der Waals surface area (Å²) in [7, 11) is 1.67. The van der Waals surface area contributed by atoms with E-state index in [2.05, 4.69) is 10.5 Å². The van der Waals surface area contributed by atoms with E-state index < -0.39 is 0 Å². The Morgan fingerprint density at radius 1 is 1.50 bits per heavy atom. The van der Waals surface area contributed by atoms with Gasteiger partial charge >= 0.3 is 0 Å². The predicted octanol–water partition coefficient (Wildman–Crippen LogP) is 1.13. The SMILES string of the molecule is COc1ccc2c(c1)C=NNC2. The molecule has 3 heteroatoms. The van der Waals surface area contributed by atoms with Gasteiger partial charge in [-0.05, 0) is 17.7 Å². The van der Waals surface area contributed by atoms with Crippen LogP contribution in [0, 0.1) is 0 Å². The molecule has 0 radical (unpaired) electrons. The first-order valence-electron chi connectivity index (χ1n) is 3.83. The molecule has 1 aliphatic rings. The van der Waals surface area contributed by atoms with E-state index in [1.807, 2.05) is 18.2 Å². The van der Waals surface area contributed by atoms with Gasteiger partial charge in [-0.1, -0.05) is 6.07 Å². The first-order chi connectivity index (χ1) is 5.90. The van der Waals surface area contributed by atoms with Crippen LogP contribution in [0.25, 0.3) is 0 Å². The molecular formula is C9H10N2O. The van der Waals surface area contributed by atoms with Crippen LogP contribution in [0.4, 0.5) is 0 Å². The summed E-state index contributed by atoms with van der Waals surface area (Å²) in [6.07, 6.45) is 1.81. The lowest BCUT2D eigenvalue weighted by atomic mass is 10.1. The van der Waals surface area contributed by atoms with Gasteiger partial charge in [-0.3, -0.25) is 0 Å². The van der Waals surface area contributed by atoms with Crippen molar-refractivity contribution in [3.63, 3.8) is 0 Å². The zero-order valence-electron chi connectivity index (χ0n) is 6.87. The van der Waals surface area contributed by atoms with Crippen molar-refractivity contribution in [3.05, 3.63) is 29.3 Å². The minimum atomic E-state index is 0.801. The van der Waals surface area contributed by atoms with Crippen LogP contribution in [0.2, 0.25) is 0 Å². The van der Waals surface area contributed by atoms with E-state index in [-0.39, 0.29) is 0 Å². The van der Waals surface area contributed by atoms with E-state index in [1.165, 1.54) is 5.56 Å². The molecule has 1 aromatic rings. The summed E-state index contributed by atoms with van der Waals surface area (Å²) in [4.78, 5) is 0. The molecule has 0 atom stereocenters. The summed E-state index contributed by atoms with van der Waals surface area (Å²) >= 11 is 0. The molecule has 0 unspecified atom stereocenters. The lowest BCUT2D eigenvalue weighted by Gasteiger charge is -2.11. The second-order valence-corrected chi connectivity index (χ2v) is 2.66.